The molecule has 3 unspecified atom stereocenters. The maximum Gasteiger partial charge on any atom is 0.223 e. The highest BCUT2D eigenvalue weighted by molar-refractivity contribution is 14.0. The molecule has 1 aliphatic carbocycles. The van der Waals surface area contributed by atoms with Crippen molar-refractivity contribution >= 4 is 35.8 Å². The summed E-state index contributed by atoms with van der Waals surface area (Å²) in [6, 6.07) is 0.496. The van der Waals surface area contributed by atoms with E-state index in [1.807, 2.05) is 20.8 Å². The molecule has 1 fully saturated rings. The van der Waals surface area contributed by atoms with E-state index in [4.69, 9.17) is 9.73 Å². The lowest BCUT2D eigenvalue weighted by Gasteiger charge is -2.30. The largest absolute Gasteiger partial charge is 0.378 e. The molecular formula is C21H43IN4O2. The summed E-state index contributed by atoms with van der Waals surface area (Å²) < 4.78 is 5.81. The van der Waals surface area contributed by atoms with Crippen molar-refractivity contribution in [2.75, 3.05) is 19.7 Å². The fraction of sp³-hybridized carbons (Fsp3) is 0.905. The number of rotatable bonds is 10. The molecule has 0 saturated heterocycles. The Morgan fingerprint density at radius 1 is 1.18 bits per heavy atom. The van der Waals surface area contributed by atoms with Gasteiger partial charge in [0.15, 0.2) is 5.96 Å². The SMILES string of the molecule is CCNC(=NCCC(OCC)C(C)C)NC1CCCC(C(=O)NC(C)C)C1.I. The van der Waals surface area contributed by atoms with Crippen molar-refractivity contribution in [3.63, 3.8) is 0 Å². The minimum atomic E-state index is 0. The molecular weight excluding hydrogens is 467 g/mol. The van der Waals surface area contributed by atoms with Gasteiger partial charge in [0, 0.05) is 37.7 Å². The van der Waals surface area contributed by atoms with Gasteiger partial charge in [-0.15, -0.1) is 24.0 Å². The minimum absolute atomic E-state index is 0. The Kier molecular flexibility index (Phi) is 15.0. The number of amides is 1. The molecule has 0 bridgehead atoms. The molecule has 1 amide bonds. The molecule has 0 spiro atoms. The van der Waals surface area contributed by atoms with Gasteiger partial charge in [0.05, 0.1) is 6.10 Å². The minimum Gasteiger partial charge on any atom is -0.378 e. The van der Waals surface area contributed by atoms with Crippen LogP contribution in [0.15, 0.2) is 4.99 Å². The summed E-state index contributed by atoms with van der Waals surface area (Å²) in [5.41, 5.74) is 0. The van der Waals surface area contributed by atoms with Crippen molar-refractivity contribution in [3.05, 3.63) is 0 Å². The van der Waals surface area contributed by atoms with Crippen LogP contribution < -0.4 is 16.0 Å². The van der Waals surface area contributed by atoms with Crippen LogP contribution >= 0.6 is 24.0 Å². The third kappa shape index (κ3) is 10.8. The highest BCUT2D eigenvalue weighted by Crippen LogP contribution is 2.24. The van der Waals surface area contributed by atoms with Crippen molar-refractivity contribution in [2.24, 2.45) is 16.8 Å². The van der Waals surface area contributed by atoms with E-state index >= 15 is 0 Å². The monoisotopic (exact) mass is 510 g/mol. The number of hydrogen-bond donors (Lipinski definition) is 3. The predicted octanol–water partition coefficient (Wildman–Crippen LogP) is 3.69. The van der Waals surface area contributed by atoms with Gasteiger partial charge in [-0.3, -0.25) is 9.79 Å². The van der Waals surface area contributed by atoms with Crippen LogP contribution in [-0.4, -0.2) is 49.8 Å². The molecule has 1 rings (SSSR count). The number of nitrogens with one attached hydrogen (secondary N) is 3. The first kappa shape index (κ1) is 27.4. The Morgan fingerprint density at radius 2 is 1.89 bits per heavy atom. The summed E-state index contributed by atoms with van der Waals surface area (Å²) in [6.45, 7) is 14.8. The molecule has 0 radical (unpaired) electrons. The van der Waals surface area contributed by atoms with Crippen LogP contribution in [-0.2, 0) is 9.53 Å². The molecule has 1 aliphatic rings. The zero-order valence-corrected chi connectivity index (χ0v) is 21.0. The first-order chi connectivity index (χ1) is 12.9. The third-order valence-corrected chi connectivity index (χ3v) is 4.97. The standard InChI is InChI=1S/C21H42N4O2.HI/c1-7-22-21(23-13-12-19(15(3)4)27-8-2)25-18-11-9-10-17(14-18)20(26)24-16(5)6;/h15-19H,7-14H2,1-6H3,(H,24,26)(H2,22,23,25);1H. The lowest BCUT2D eigenvalue weighted by molar-refractivity contribution is -0.126. The van der Waals surface area contributed by atoms with Crippen LogP contribution in [0.2, 0.25) is 0 Å². The van der Waals surface area contributed by atoms with Gasteiger partial charge in [0.2, 0.25) is 5.91 Å². The molecule has 7 heteroatoms. The van der Waals surface area contributed by atoms with Crippen LogP contribution in [0.5, 0.6) is 0 Å². The van der Waals surface area contributed by atoms with E-state index in [9.17, 15) is 4.79 Å². The molecule has 0 aromatic heterocycles. The van der Waals surface area contributed by atoms with E-state index in [1.165, 1.54) is 0 Å². The van der Waals surface area contributed by atoms with E-state index in [2.05, 4.69) is 36.7 Å². The van der Waals surface area contributed by atoms with Gasteiger partial charge in [-0.1, -0.05) is 20.3 Å². The quantitative estimate of drug-likeness (QED) is 0.238. The zero-order chi connectivity index (χ0) is 20.2. The Bertz CT molecular complexity index is 458. The van der Waals surface area contributed by atoms with Gasteiger partial charge in [-0.25, -0.2) is 0 Å². The summed E-state index contributed by atoms with van der Waals surface area (Å²) in [5.74, 6) is 1.64. The van der Waals surface area contributed by atoms with E-state index in [0.717, 1.165) is 57.8 Å². The van der Waals surface area contributed by atoms with E-state index in [0.29, 0.717) is 12.0 Å². The maximum atomic E-state index is 12.3. The summed E-state index contributed by atoms with van der Waals surface area (Å²) in [5, 5.41) is 9.94. The molecule has 6 nitrogen and oxygen atoms in total. The third-order valence-electron chi connectivity index (χ3n) is 4.97. The molecule has 0 aromatic carbocycles. The van der Waals surface area contributed by atoms with Crippen LogP contribution in [0, 0.1) is 11.8 Å². The Labute approximate surface area is 189 Å². The van der Waals surface area contributed by atoms with Gasteiger partial charge >= 0.3 is 0 Å². The van der Waals surface area contributed by atoms with Crippen LogP contribution in [0.3, 0.4) is 0 Å². The second kappa shape index (κ2) is 15.3. The first-order valence-corrected chi connectivity index (χ1v) is 10.8. The lowest BCUT2D eigenvalue weighted by atomic mass is 9.85. The van der Waals surface area contributed by atoms with Crippen molar-refractivity contribution in [2.45, 2.75) is 91.8 Å². The Balaban J connectivity index is 0.00000729. The van der Waals surface area contributed by atoms with Gasteiger partial charge in [-0.2, -0.15) is 0 Å². The fourth-order valence-corrected chi connectivity index (χ4v) is 3.60. The molecule has 166 valence electrons. The van der Waals surface area contributed by atoms with Crippen molar-refractivity contribution in [1.29, 1.82) is 0 Å². The smallest absolute Gasteiger partial charge is 0.223 e. The van der Waals surface area contributed by atoms with Gasteiger partial charge in [0.25, 0.3) is 0 Å². The molecule has 1 saturated carbocycles. The van der Waals surface area contributed by atoms with E-state index in [1.54, 1.807) is 0 Å². The molecule has 3 N–H and O–H groups in total. The van der Waals surface area contributed by atoms with E-state index < -0.39 is 0 Å². The first-order valence-electron chi connectivity index (χ1n) is 10.8. The Morgan fingerprint density at radius 3 is 2.46 bits per heavy atom. The number of carbonyl (C=O) groups is 1. The summed E-state index contributed by atoms with van der Waals surface area (Å²) in [6.07, 6.45) is 5.19. The normalized spacial score (nSPS) is 21.2. The number of aliphatic imine (C=N–C) groups is 1. The van der Waals surface area contributed by atoms with Crippen molar-refractivity contribution < 1.29 is 9.53 Å². The van der Waals surface area contributed by atoms with Crippen LogP contribution in [0.25, 0.3) is 0 Å². The average molecular weight is 511 g/mol. The molecule has 28 heavy (non-hydrogen) atoms. The number of guanidine groups is 1. The predicted molar refractivity (Wildman–Crippen MR) is 128 cm³/mol. The average Bonchev–Trinajstić information content (AvgIpc) is 2.60. The maximum absolute atomic E-state index is 12.3. The number of hydrogen-bond acceptors (Lipinski definition) is 3. The van der Waals surface area contributed by atoms with Crippen LogP contribution in [0.4, 0.5) is 0 Å². The van der Waals surface area contributed by atoms with Crippen molar-refractivity contribution in [1.82, 2.24) is 16.0 Å². The molecule has 0 heterocycles. The topological polar surface area (TPSA) is 74.8 Å². The summed E-state index contributed by atoms with van der Waals surface area (Å²) in [4.78, 5) is 17.1. The highest BCUT2D eigenvalue weighted by atomic mass is 127. The van der Waals surface area contributed by atoms with Gasteiger partial charge < -0.3 is 20.7 Å². The second-order valence-corrected chi connectivity index (χ2v) is 8.16. The second-order valence-electron chi connectivity index (χ2n) is 8.16. The number of nitrogens with zero attached hydrogens (tertiary/aromatic N) is 1. The number of halogens is 1. The van der Waals surface area contributed by atoms with Crippen LogP contribution in [0.1, 0.15) is 73.6 Å². The number of ether oxygens (including phenoxy) is 1. The molecule has 3 atom stereocenters. The summed E-state index contributed by atoms with van der Waals surface area (Å²) >= 11 is 0. The number of carbonyl (C=O) groups excluding carboxylic acids is 1. The highest BCUT2D eigenvalue weighted by Gasteiger charge is 2.28. The van der Waals surface area contributed by atoms with Gasteiger partial charge in [-0.05, 0) is 59.3 Å². The lowest BCUT2D eigenvalue weighted by Crippen LogP contribution is -2.47. The van der Waals surface area contributed by atoms with Gasteiger partial charge in [0.1, 0.15) is 0 Å². The summed E-state index contributed by atoms with van der Waals surface area (Å²) in [7, 11) is 0. The Hall–Kier alpha value is -0.570. The van der Waals surface area contributed by atoms with E-state index in [-0.39, 0.29) is 47.9 Å². The fourth-order valence-electron chi connectivity index (χ4n) is 3.60. The molecule has 0 aliphatic heterocycles. The van der Waals surface area contributed by atoms with Crippen molar-refractivity contribution in [3.8, 4) is 0 Å². The zero-order valence-electron chi connectivity index (χ0n) is 18.7. The molecule has 0 aromatic rings.